The number of aromatic nitrogens is 2. The number of hydrogen-bond donors (Lipinski definition) is 0. The molecular weight excluding hydrogens is 327 g/mol. The zero-order valence-corrected chi connectivity index (χ0v) is 13.1. The Kier molecular flexibility index (Phi) is 5.95. The highest BCUT2D eigenvalue weighted by Crippen LogP contribution is 2.49. The van der Waals surface area contributed by atoms with Crippen LogP contribution >= 0.6 is 22.6 Å². The van der Waals surface area contributed by atoms with Crippen molar-refractivity contribution in [3.05, 3.63) is 16.9 Å². The number of nitrogens with zero attached hydrogens (tertiary/aromatic N) is 2. The molecule has 0 bridgehead atoms. The average Bonchev–Trinajstić information content (AvgIpc) is 2.20. The molecule has 0 radical (unpaired) electrons. The number of rotatable bonds is 6. The molecule has 96 valence electrons. The van der Waals surface area contributed by atoms with Crippen LogP contribution in [0.3, 0.4) is 0 Å². The third-order valence-electron chi connectivity index (χ3n) is 1.42. The molecule has 1 rings (SSSR count). The first kappa shape index (κ1) is 15.0. The Hall–Kier alpha value is -0.0700. The van der Waals surface area contributed by atoms with E-state index in [0.29, 0.717) is 6.61 Å². The molecule has 0 saturated carbocycles. The molecule has 1 unspecified atom stereocenters. The van der Waals surface area contributed by atoms with Gasteiger partial charge in [-0.1, -0.05) is 0 Å². The first-order valence-corrected chi connectivity index (χ1v) is 8.40. The Balaban J connectivity index is 2.79. The normalized spacial score (nSPS) is 14.6. The van der Waals surface area contributed by atoms with Gasteiger partial charge in [0.2, 0.25) is 0 Å². The molecule has 0 amide bonds. The zero-order chi connectivity index (χ0) is 12.9. The number of halogens is 1. The van der Waals surface area contributed by atoms with Crippen LogP contribution in [-0.2, 0) is 20.9 Å². The topological polar surface area (TPSA) is 53.5 Å². The van der Waals surface area contributed by atoms with Gasteiger partial charge in [-0.2, -0.15) is 0 Å². The van der Waals surface area contributed by atoms with Gasteiger partial charge in [0, 0.05) is 24.2 Å². The second kappa shape index (κ2) is 6.75. The van der Waals surface area contributed by atoms with E-state index < -0.39 is 6.72 Å². The summed E-state index contributed by atoms with van der Waals surface area (Å²) in [5, 5.41) is 0. The average molecular weight is 341 g/mol. The predicted octanol–water partition coefficient (Wildman–Crippen LogP) is 3.30. The molecule has 1 aromatic heterocycles. The van der Waals surface area contributed by atoms with Gasteiger partial charge in [0.1, 0.15) is 0 Å². The fourth-order valence-corrected chi connectivity index (χ4v) is 3.46. The molecule has 0 fully saturated rings. The highest BCUT2D eigenvalue weighted by molar-refractivity contribution is 9.10. The molecule has 8 heteroatoms. The largest absolute Gasteiger partial charge is 0.389 e. The Morgan fingerprint density at radius 1 is 1.41 bits per heavy atom. The molecule has 1 heterocycles. The van der Waals surface area contributed by atoms with E-state index in [1.807, 2.05) is 20.8 Å². The monoisotopic (exact) mass is 340 g/mol. The van der Waals surface area contributed by atoms with Crippen molar-refractivity contribution in [2.45, 2.75) is 26.9 Å². The van der Waals surface area contributed by atoms with Crippen molar-refractivity contribution in [1.82, 2.24) is 9.97 Å². The maximum Gasteiger partial charge on any atom is 0.383 e. The van der Waals surface area contributed by atoms with E-state index in [1.54, 1.807) is 12.4 Å². The number of hydrogen-bond acceptors (Lipinski definition) is 6. The lowest BCUT2D eigenvalue weighted by Gasteiger charge is -2.22. The summed E-state index contributed by atoms with van der Waals surface area (Å²) in [6, 6.07) is 0.158. The molecule has 0 aliphatic heterocycles. The molecule has 0 N–H and O–H groups in total. The van der Waals surface area contributed by atoms with Gasteiger partial charge in [-0.25, -0.2) is 9.97 Å². The van der Waals surface area contributed by atoms with E-state index in [9.17, 15) is 0 Å². The van der Waals surface area contributed by atoms with Gasteiger partial charge in [0.25, 0.3) is 0 Å². The minimum absolute atomic E-state index is 0.0807. The molecule has 0 aliphatic rings. The maximum absolute atomic E-state index is 5.50. The van der Waals surface area contributed by atoms with Crippen molar-refractivity contribution >= 4 is 34.5 Å². The molecule has 0 saturated heterocycles. The fraction of sp³-hybridized carbons (Fsp3) is 0.556. The van der Waals surface area contributed by atoms with Crippen LogP contribution in [0.5, 0.6) is 6.01 Å². The quantitative estimate of drug-likeness (QED) is 0.740. The standard InChI is InChI=1S/C9H14BrN2O3PS/c1-4-13-16(17,14-7(2)3)15-9-11-5-8(10)6-12-9/h5-7H,4H2,1-3H3. The molecule has 0 spiro atoms. The van der Waals surface area contributed by atoms with E-state index >= 15 is 0 Å². The lowest BCUT2D eigenvalue weighted by molar-refractivity contribution is 0.168. The third-order valence-corrected chi connectivity index (χ3v) is 4.27. The molecule has 0 aromatic carbocycles. The van der Waals surface area contributed by atoms with Crippen molar-refractivity contribution < 1.29 is 13.6 Å². The molecule has 5 nitrogen and oxygen atoms in total. The van der Waals surface area contributed by atoms with E-state index in [4.69, 9.17) is 25.4 Å². The Bertz CT molecular complexity index is 402. The van der Waals surface area contributed by atoms with Crippen LogP contribution in [0.1, 0.15) is 20.8 Å². The van der Waals surface area contributed by atoms with Crippen molar-refractivity contribution in [2.24, 2.45) is 0 Å². The highest BCUT2D eigenvalue weighted by atomic mass is 79.9. The van der Waals surface area contributed by atoms with Crippen LogP contribution in [0.4, 0.5) is 0 Å². The van der Waals surface area contributed by atoms with Crippen LogP contribution in [0, 0.1) is 0 Å². The van der Waals surface area contributed by atoms with E-state index in [-0.39, 0.29) is 12.1 Å². The summed E-state index contributed by atoms with van der Waals surface area (Å²) in [5.74, 6) is 0. The first-order chi connectivity index (χ1) is 7.95. The highest BCUT2D eigenvalue weighted by Gasteiger charge is 2.24. The molecule has 0 aliphatic carbocycles. The van der Waals surface area contributed by atoms with E-state index in [2.05, 4.69) is 25.9 Å². The molecule has 1 atom stereocenters. The summed E-state index contributed by atoms with van der Waals surface area (Å²) in [7, 11) is 0. The summed E-state index contributed by atoms with van der Waals surface area (Å²) in [5.41, 5.74) is 0. The Labute approximate surface area is 114 Å². The van der Waals surface area contributed by atoms with Gasteiger partial charge in [-0.3, -0.25) is 9.05 Å². The molecule has 1 aromatic rings. The smallest absolute Gasteiger partial charge is 0.383 e. The van der Waals surface area contributed by atoms with Crippen LogP contribution in [0.15, 0.2) is 16.9 Å². The maximum atomic E-state index is 5.50. The van der Waals surface area contributed by atoms with Gasteiger partial charge in [0.15, 0.2) is 0 Å². The van der Waals surface area contributed by atoms with Crippen LogP contribution in [0.2, 0.25) is 0 Å². The van der Waals surface area contributed by atoms with Gasteiger partial charge in [-0.05, 0) is 36.7 Å². The van der Waals surface area contributed by atoms with Crippen molar-refractivity contribution in [3.63, 3.8) is 0 Å². The van der Waals surface area contributed by atoms with Crippen LogP contribution < -0.4 is 4.52 Å². The van der Waals surface area contributed by atoms with Gasteiger partial charge in [0.05, 0.1) is 17.2 Å². The zero-order valence-electron chi connectivity index (χ0n) is 9.79. The van der Waals surface area contributed by atoms with Gasteiger partial charge < -0.3 is 4.52 Å². The summed E-state index contributed by atoms with van der Waals surface area (Å²) in [6.45, 7) is 3.16. The minimum Gasteiger partial charge on any atom is -0.389 e. The van der Waals surface area contributed by atoms with Gasteiger partial charge >= 0.3 is 12.7 Å². The second-order valence-corrected chi connectivity index (χ2v) is 7.10. The fourth-order valence-electron chi connectivity index (χ4n) is 0.942. The van der Waals surface area contributed by atoms with Crippen LogP contribution in [0.25, 0.3) is 0 Å². The second-order valence-electron chi connectivity index (χ2n) is 3.29. The van der Waals surface area contributed by atoms with Crippen LogP contribution in [-0.4, -0.2) is 22.7 Å². The van der Waals surface area contributed by atoms with E-state index in [0.717, 1.165) is 4.47 Å². The van der Waals surface area contributed by atoms with Crippen molar-refractivity contribution in [3.8, 4) is 6.01 Å². The van der Waals surface area contributed by atoms with E-state index in [1.165, 1.54) is 0 Å². The summed E-state index contributed by atoms with van der Waals surface area (Å²) < 4.78 is 17.1. The lowest BCUT2D eigenvalue weighted by atomic mass is 10.5. The molecule has 17 heavy (non-hydrogen) atoms. The third kappa shape index (κ3) is 5.40. The molecular formula is C9H14BrN2O3PS. The summed E-state index contributed by atoms with van der Waals surface area (Å²) >= 11 is 8.48. The SMILES string of the molecule is CCOP(=S)(Oc1ncc(Br)cn1)OC(C)C. The minimum atomic E-state index is -2.82. The Morgan fingerprint density at radius 2 is 2.00 bits per heavy atom. The first-order valence-electron chi connectivity index (χ1n) is 5.05. The summed E-state index contributed by atoms with van der Waals surface area (Å²) in [4.78, 5) is 7.95. The predicted molar refractivity (Wildman–Crippen MR) is 72.5 cm³/mol. The summed E-state index contributed by atoms with van der Waals surface area (Å²) in [6.07, 6.45) is 3.06. The van der Waals surface area contributed by atoms with Crippen molar-refractivity contribution in [1.29, 1.82) is 0 Å². The lowest BCUT2D eigenvalue weighted by Crippen LogP contribution is -2.08. The van der Waals surface area contributed by atoms with Crippen molar-refractivity contribution in [2.75, 3.05) is 6.61 Å². The van der Waals surface area contributed by atoms with Gasteiger partial charge in [-0.15, -0.1) is 0 Å². The Morgan fingerprint density at radius 3 is 2.47 bits per heavy atom.